The minimum absolute atomic E-state index is 0.110. The third kappa shape index (κ3) is 9.51. The third-order valence-corrected chi connectivity index (χ3v) is 12.3. The molecule has 2 heterocycles. The molecule has 2 aromatic heterocycles. The first-order valence-electron chi connectivity index (χ1n) is 14.7. The standard InChI is InChI=1S/C32H42F3N5O4Si/c1-21(2)27(28(32(33,34)35)44-45(6,7)31(3,4)5)39-26(41)20-40-25(22-13-9-8-10-14-22)17-16-24(29(40)42)38-30(43)37-19-23-15-11-12-18-36-23/h8-18,21,27-28H,19-20H2,1-7H3,(H,39,41)(H2,37,38,43). The Bertz CT molecular complexity index is 1510. The Morgan fingerprint density at radius 1 is 0.978 bits per heavy atom. The lowest BCUT2D eigenvalue weighted by Crippen LogP contribution is -2.59. The van der Waals surface area contributed by atoms with Crippen molar-refractivity contribution in [2.24, 2.45) is 5.92 Å². The van der Waals surface area contributed by atoms with Crippen molar-refractivity contribution in [3.05, 3.63) is 82.9 Å². The van der Waals surface area contributed by atoms with Gasteiger partial charge in [0, 0.05) is 6.20 Å². The van der Waals surface area contributed by atoms with Gasteiger partial charge in [0.25, 0.3) is 5.56 Å². The predicted molar refractivity (Wildman–Crippen MR) is 171 cm³/mol. The molecule has 0 saturated heterocycles. The number of pyridine rings is 2. The predicted octanol–water partition coefficient (Wildman–Crippen LogP) is 6.33. The van der Waals surface area contributed by atoms with Crippen molar-refractivity contribution in [2.75, 3.05) is 5.32 Å². The number of hydrogen-bond donors (Lipinski definition) is 3. The molecule has 0 aliphatic carbocycles. The smallest absolute Gasteiger partial charge is 0.404 e. The van der Waals surface area contributed by atoms with Crippen LogP contribution in [0.15, 0.2) is 71.7 Å². The van der Waals surface area contributed by atoms with E-state index in [0.717, 1.165) is 4.57 Å². The summed E-state index contributed by atoms with van der Waals surface area (Å²) in [5.41, 5.74) is 0.737. The number of alkyl halides is 3. The van der Waals surface area contributed by atoms with Gasteiger partial charge in [0.1, 0.15) is 12.2 Å². The molecule has 1 aromatic carbocycles. The summed E-state index contributed by atoms with van der Waals surface area (Å²) in [5, 5.41) is 7.14. The molecule has 9 nitrogen and oxygen atoms in total. The first-order chi connectivity index (χ1) is 20.9. The van der Waals surface area contributed by atoms with Crippen LogP contribution in [0.4, 0.5) is 23.7 Å². The van der Waals surface area contributed by atoms with Crippen molar-refractivity contribution in [2.45, 2.75) is 84.2 Å². The van der Waals surface area contributed by atoms with Crippen LogP contribution in [0.5, 0.6) is 0 Å². The van der Waals surface area contributed by atoms with Gasteiger partial charge < -0.3 is 20.4 Å². The van der Waals surface area contributed by atoms with Crippen LogP contribution in [0.3, 0.4) is 0 Å². The molecule has 3 N–H and O–H groups in total. The zero-order valence-electron chi connectivity index (χ0n) is 26.7. The maximum absolute atomic E-state index is 14.5. The molecule has 45 heavy (non-hydrogen) atoms. The minimum Gasteiger partial charge on any atom is -0.404 e. The second-order valence-electron chi connectivity index (χ2n) is 12.7. The number of benzene rings is 1. The van der Waals surface area contributed by atoms with Gasteiger partial charge in [0.05, 0.1) is 24.0 Å². The maximum Gasteiger partial charge on any atom is 0.415 e. The van der Waals surface area contributed by atoms with E-state index in [1.54, 1.807) is 87.7 Å². The first-order valence-corrected chi connectivity index (χ1v) is 17.6. The van der Waals surface area contributed by atoms with E-state index in [1.165, 1.54) is 6.07 Å². The van der Waals surface area contributed by atoms with Gasteiger partial charge in [-0.05, 0) is 53.9 Å². The quantitative estimate of drug-likeness (QED) is 0.211. The van der Waals surface area contributed by atoms with Crippen molar-refractivity contribution in [3.8, 4) is 11.3 Å². The lowest BCUT2D eigenvalue weighted by molar-refractivity contribution is -0.210. The van der Waals surface area contributed by atoms with Crippen LogP contribution in [0.25, 0.3) is 11.3 Å². The number of aromatic nitrogens is 2. The highest BCUT2D eigenvalue weighted by molar-refractivity contribution is 6.74. The molecule has 0 aliphatic heterocycles. The number of amides is 3. The molecule has 2 unspecified atom stereocenters. The number of urea groups is 1. The van der Waals surface area contributed by atoms with Crippen molar-refractivity contribution in [3.63, 3.8) is 0 Å². The van der Waals surface area contributed by atoms with Gasteiger partial charge in [-0.1, -0.05) is 71.0 Å². The highest BCUT2D eigenvalue weighted by Crippen LogP contribution is 2.41. The number of hydrogen-bond acceptors (Lipinski definition) is 5. The van der Waals surface area contributed by atoms with Crippen LogP contribution in [0, 0.1) is 5.92 Å². The van der Waals surface area contributed by atoms with Crippen molar-refractivity contribution in [1.29, 1.82) is 0 Å². The largest absolute Gasteiger partial charge is 0.415 e. The molecule has 0 radical (unpaired) electrons. The van der Waals surface area contributed by atoms with Gasteiger partial charge in [0.2, 0.25) is 5.91 Å². The van der Waals surface area contributed by atoms with Gasteiger partial charge in [-0.2, -0.15) is 13.2 Å². The van der Waals surface area contributed by atoms with Gasteiger partial charge in [-0.15, -0.1) is 0 Å². The van der Waals surface area contributed by atoms with Gasteiger partial charge >= 0.3 is 12.2 Å². The monoisotopic (exact) mass is 645 g/mol. The number of nitrogens with one attached hydrogen (secondary N) is 3. The zero-order chi connectivity index (χ0) is 33.6. The van der Waals surface area contributed by atoms with Crippen molar-refractivity contribution >= 4 is 25.9 Å². The molecule has 0 saturated carbocycles. The van der Waals surface area contributed by atoms with Gasteiger partial charge in [-0.3, -0.25) is 19.1 Å². The molecule has 3 amide bonds. The van der Waals surface area contributed by atoms with E-state index in [2.05, 4.69) is 20.9 Å². The molecule has 0 bridgehead atoms. The SMILES string of the molecule is CC(C)C(NC(=O)Cn1c(-c2ccccc2)ccc(NC(=O)NCc2ccccn2)c1=O)C(O[Si](C)(C)C(C)(C)C)C(F)(F)F. The summed E-state index contributed by atoms with van der Waals surface area (Å²) in [6.45, 7) is 11.6. The Morgan fingerprint density at radius 2 is 1.62 bits per heavy atom. The number of carbonyl (C=O) groups is 2. The Balaban J connectivity index is 1.92. The van der Waals surface area contributed by atoms with Crippen molar-refractivity contribution < 1.29 is 27.2 Å². The van der Waals surface area contributed by atoms with Gasteiger partial charge in [0.15, 0.2) is 14.4 Å². The van der Waals surface area contributed by atoms with Gasteiger partial charge in [-0.25, -0.2) is 4.79 Å². The summed E-state index contributed by atoms with van der Waals surface area (Å²) in [4.78, 5) is 43.8. The molecule has 244 valence electrons. The second kappa shape index (κ2) is 14.4. The molecule has 0 spiro atoms. The molecule has 3 rings (SSSR count). The summed E-state index contributed by atoms with van der Waals surface area (Å²) in [5.74, 6) is -1.45. The molecular formula is C32H42F3N5O4Si. The lowest BCUT2D eigenvalue weighted by atomic mass is 9.98. The molecule has 0 fully saturated rings. The summed E-state index contributed by atoms with van der Waals surface area (Å²) in [6, 6.07) is 14.9. The van der Waals surface area contributed by atoms with E-state index in [-0.39, 0.29) is 12.2 Å². The van der Waals surface area contributed by atoms with Crippen molar-refractivity contribution in [1.82, 2.24) is 20.2 Å². The van der Waals surface area contributed by atoms with E-state index in [9.17, 15) is 27.6 Å². The zero-order valence-corrected chi connectivity index (χ0v) is 27.7. The molecule has 2 atom stereocenters. The summed E-state index contributed by atoms with van der Waals surface area (Å²) in [7, 11) is -2.90. The summed E-state index contributed by atoms with van der Waals surface area (Å²) in [6.07, 6.45) is -5.42. The maximum atomic E-state index is 14.5. The van der Waals surface area contributed by atoms with E-state index >= 15 is 0 Å². The summed E-state index contributed by atoms with van der Waals surface area (Å²) < 4.78 is 50.4. The Hall–Kier alpha value is -3.97. The number of rotatable bonds is 11. The first kappa shape index (κ1) is 35.5. The van der Waals surface area contributed by atoms with E-state index < -0.39 is 61.6 Å². The molecule has 13 heteroatoms. The Kier molecular flexibility index (Phi) is 11.4. The highest BCUT2D eigenvalue weighted by Gasteiger charge is 2.52. The normalized spacial score (nSPS) is 13.7. The number of nitrogens with zero attached hydrogens (tertiary/aromatic N) is 2. The number of halogens is 3. The van der Waals surface area contributed by atoms with E-state index in [1.807, 2.05) is 20.8 Å². The average Bonchev–Trinajstić information content (AvgIpc) is 2.95. The Labute approximate surface area is 262 Å². The van der Waals surface area contributed by atoms with Crippen LogP contribution in [-0.4, -0.2) is 48.1 Å². The molecule has 3 aromatic rings. The summed E-state index contributed by atoms with van der Waals surface area (Å²) >= 11 is 0. The fraction of sp³-hybridized carbons (Fsp3) is 0.438. The van der Waals surface area contributed by atoms with Crippen LogP contribution >= 0.6 is 0 Å². The van der Waals surface area contributed by atoms with Crippen LogP contribution in [-0.2, 0) is 22.3 Å². The average molecular weight is 646 g/mol. The van der Waals surface area contributed by atoms with Crippen LogP contribution in [0.2, 0.25) is 18.1 Å². The third-order valence-electron chi connectivity index (χ3n) is 7.87. The lowest BCUT2D eigenvalue weighted by Gasteiger charge is -2.42. The minimum atomic E-state index is -4.75. The fourth-order valence-electron chi connectivity index (χ4n) is 4.34. The molecule has 0 aliphatic rings. The molecular weight excluding hydrogens is 603 g/mol. The van der Waals surface area contributed by atoms with E-state index in [4.69, 9.17) is 4.43 Å². The number of carbonyl (C=O) groups excluding carboxylic acids is 2. The van der Waals surface area contributed by atoms with Crippen LogP contribution in [0.1, 0.15) is 40.3 Å². The second-order valence-corrected chi connectivity index (χ2v) is 17.5. The Morgan fingerprint density at radius 3 is 2.18 bits per heavy atom. The number of anilines is 1. The fourth-order valence-corrected chi connectivity index (χ4v) is 5.61. The van der Waals surface area contributed by atoms with Crippen LogP contribution < -0.4 is 21.5 Å². The topological polar surface area (TPSA) is 114 Å². The highest BCUT2D eigenvalue weighted by atomic mass is 28.4. The van der Waals surface area contributed by atoms with E-state index in [0.29, 0.717) is 17.0 Å².